The van der Waals surface area contributed by atoms with Gasteiger partial charge in [-0.3, -0.25) is 9.80 Å². The molecule has 2 fully saturated rings. The van der Waals surface area contributed by atoms with Crippen LogP contribution >= 0.6 is 0 Å². The van der Waals surface area contributed by atoms with Gasteiger partial charge in [-0.05, 0) is 48.2 Å². The summed E-state index contributed by atoms with van der Waals surface area (Å²) < 4.78 is 19.5. The van der Waals surface area contributed by atoms with Crippen molar-refractivity contribution >= 4 is 11.8 Å². The first-order valence-electron chi connectivity index (χ1n) is 11.7. The van der Waals surface area contributed by atoms with Gasteiger partial charge in [-0.15, -0.1) is 0 Å². The number of fused-ring (bicyclic) bond motifs is 2. The normalized spacial score (nSPS) is 22.2. The Kier molecular flexibility index (Phi) is 6.40. The Morgan fingerprint density at radius 3 is 2.09 bits per heavy atom. The van der Waals surface area contributed by atoms with E-state index in [0.717, 1.165) is 43.7 Å². The number of para-hydroxylation sites is 1. The number of likely N-dealkylation sites (tertiary alicyclic amines) is 1. The molecule has 0 N–H and O–H groups in total. The summed E-state index contributed by atoms with van der Waals surface area (Å²) in [5.41, 5.74) is 2.96. The smallest absolute Gasteiger partial charge is 0.414 e. The van der Waals surface area contributed by atoms with Crippen LogP contribution in [0.1, 0.15) is 24.0 Å². The number of ether oxygens (including phenoxy) is 1. The van der Waals surface area contributed by atoms with Crippen molar-refractivity contribution < 1.29 is 13.9 Å². The lowest BCUT2D eigenvalue weighted by Gasteiger charge is -2.38. The lowest BCUT2D eigenvalue weighted by atomic mass is 9.94. The van der Waals surface area contributed by atoms with Crippen LogP contribution in [0, 0.1) is 17.7 Å². The van der Waals surface area contributed by atoms with Crippen LogP contribution in [0.25, 0.3) is 0 Å². The lowest BCUT2D eigenvalue weighted by Crippen LogP contribution is -2.47. The van der Waals surface area contributed by atoms with Crippen molar-refractivity contribution in [3.05, 3.63) is 102 Å². The topological polar surface area (TPSA) is 32.8 Å². The minimum atomic E-state index is -0.330. The predicted octanol–water partition coefficient (Wildman–Crippen LogP) is 5.88. The molecule has 4 nitrogen and oxygen atoms in total. The van der Waals surface area contributed by atoms with Crippen LogP contribution in [-0.2, 0) is 17.8 Å². The molecule has 5 heteroatoms. The summed E-state index contributed by atoms with van der Waals surface area (Å²) in [6.07, 6.45) is 1.81. The summed E-state index contributed by atoms with van der Waals surface area (Å²) in [6.45, 7) is 3.18. The van der Waals surface area contributed by atoms with Gasteiger partial charge in [-0.25, -0.2) is 9.18 Å². The van der Waals surface area contributed by atoms with E-state index >= 15 is 0 Å². The van der Waals surface area contributed by atoms with Crippen LogP contribution in [0.5, 0.6) is 0 Å². The Bertz CT molecular complexity index is 1040. The highest BCUT2D eigenvalue weighted by Crippen LogP contribution is 2.40. The molecule has 2 unspecified atom stereocenters. The highest BCUT2D eigenvalue weighted by Gasteiger charge is 2.44. The maximum Gasteiger partial charge on any atom is 0.414 e. The second-order valence-electron chi connectivity index (χ2n) is 9.17. The Labute approximate surface area is 194 Å². The molecule has 1 heterocycles. The first-order valence-corrected chi connectivity index (χ1v) is 11.7. The van der Waals surface area contributed by atoms with Crippen LogP contribution in [0.15, 0.2) is 84.9 Å². The summed E-state index contributed by atoms with van der Waals surface area (Å²) in [4.78, 5) is 17.5. The van der Waals surface area contributed by atoms with Crippen molar-refractivity contribution in [1.29, 1.82) is 0 Å². The fourth-order valence-electron chi connectivity index (χ4n) is 5.25. The van der Waals surface area contributed by atoms with Gasteiger partial charge in [0.05, 0.1) is 6.54 Å². The van der Waals surface area contributed by atoms with E-state index in [1.807, 2.05) is 36.4 Å². The standard InChI is InChI=1S/C28H29FN2O2/c29-25-15-11-22(12-16-25)18-31(26-9-5-2-6-10-26)28(32)33-27-23-13-14-24(27)20-30(19-23)17-21-7-3-1-4-8-21/h1-12,15-16,23-24,27H,13-14,17-20H2. The molecule has 1 aliphatic heterocycles. The molecule has 33 heavy (non-hydrogen) atoms. The number of anilines is 1. The van der Waals surface area contributed by atoms with Crippen molar-refractivity contribution in [3.63, 3.8) is 0 Å². The third-order valence-corrected chi connectivity index (χ3v) is 6.85. The summed E-state index contributed by atoms with van der Waals surface area (Å²) in [6, 6.07) is 26.4. The second kappa shape index (κ2) is 9.75. The van der Waals surface area contributed by atoms with Crippen molar-refractivity contribution in [3.8, 4) is 0 Å². The number of nitrogens with zero attached hydrogens (tertiary/aromatic N) is 2. The van der Waals surface area contributed by atoms with Crippen LogP contribution in [0.2, 0.25) is 0 Å². The van der Waals surface area contributed by atoms with Gasteiger partial charge in [0.2, 0.25) is 0 Å². The quantitative estimate of drug-likeness (QED) is 0.476. The molecule has 0 aromatic heterocycles. The van der Waals surface area contributed by atoms with Crippen molar-refractivity contribution in [2.24, 2.45) is 11.8 Å². The van der Waals surface area contributed by atoms with Crippen LogP contribution in [0.4, 0.5) is 14.9 Å². The third-order valence-electron chi connectivity index (χ3n) is 6.85. The average Bonchev–Trinajstić information content (AvgIpc) is 3.07. The molecule has 0 spiro atoms. The molecule has 1 saturated heterocycles. The summed E-state index contributed by atoms with van der Waals surface area (Å²) in [5, 5.41) is 0. The van der Waals surface area contributed by atoms with Gasteiger partial charge in [0.1, 0.15) is 11.9 Å². The minimum absolute atomic E-state index is 0.0519. The minimum Gasteiger partial charge on any atom is -0.445 e. The number of halogens is 1. The van der Waals surface area contributed by atoms with E-state index in [0.29, 0.717) is 18.4 Å². The predicted molar refractivity (Wildman–Crippen MR) is 127 cm³/mol. The molecule has 1 saturated carbocycles. The van der Waals surface area contributed by atoms with E-state index in [9.17, 15) is 9.18 Å². The number of rotatable bonds is 6. The van der Waals surface area contributed by atoms with Crippen LogP contribution in [-0.4, -0.2) is 30.2 Å². The van der Waals surface area contributed by atoms with Crippen molar-refractivity contribution in [2.75, 3.05) is 18.0 Å². The lowest BCUT2D eigenvalue weighted by molar-refractivity contribution is -0.0000779. The number of carbonyl (C=O) groups is 1. The van der Waals surface area contributed by atoms with Crippen LogP contribution in [0.3, 0.4) is 0 Å². The number of amides is 1. The highest BCUT2D eigenvalue weighted by molar-refractivity contribution is 5.87. The first-order chi connectivity index (χ1) is 16.2. The second-order valence-corrected chi connectivity index (χ2v) is 9.17. The van der Waals surface area contributed by atoms with Crippen molar-refractivity contribution in [1.82, 2.24) is 4.90 Å². The zero-order valence-corrected chi connectivity index (χ0v) is 18.6. The molecule has 3 aromatic rings. The fourth-order valence-corrected chi connectivity index (χ4v) is 5.25. The van der Waals surface area contributed by atoms with Gasteiger partial charge < -0.3 is 4.74 Å². The number of carbonyl (C=O) groups excluding carboxylic acids is 1. The van der Waals surface area contributed by atoms with Crippen molar-refractivity contribution in [2.45, 2.75) is 32.0 Å². The molecule has 2 bridgehead atoms. The maximum absolute atomic E-state index is 13.4. The largest absolute Gasteiger partial charge is 0.445 e. The highest BCUT2D eigenvalue weighted by atomic mass is 19.1. The Morgan fingerprint density at radius 2 is 1.45 bits per heavy atom. The zero-order chi connectivity index (χ0) is 22.6. The van der Waals surface area contributed by atoms with Gasteiger partial charge >= 0.3 is 6.09 Å². The Morgan fingerprint density at radius 1 is 0.848 bits per heavy atom. The molecular formula is C28H29FN2O2. The Balaban J connectivity index is 1.28. The van der Waals surface area contributed by atoms with E-state index in [4.69, 9.17) is 4.74 Å². The van der Waals surface area contributed by atoms with E-state index in [-0.39, 0.29) is 18.0 Å². The molecule has 1 aliphatic carbocycles. The molecule has 170 valence electrons. The molecule has 2 atom stereocenters. The van der Waals surface area contributed by atoms with Gasteiger partial charge in [-0.2, -0.15) is 0 Å². The number of hydrogen-bond acceptors (Lipinski definition) is 3. The SMILES string of the molecule is O=C(OC1C2CCC1CN(Cc1ccccc1)C2)N(Cc1ccc(F)cc1)c1ccccc1. The van der Waals surface area contributed by atoms with Crippen LogP contribution < -0.4 is 4.90 Å². The van der Waals surface area contributed by atoms with Gasteiger partial charge in [0, 0.05) is 37.2 Å². The molecular weight excluding hydrogens is 415 g/mol. The number of benzene rings is 3. The van der Waals surface area contributed by atoms with E-state index in [2.05, 4.69) is 29.2 Å². The third kappa shape index (κ3) is 5.09. The Hall–Kier alpha value is -3.18. The summed E-state index contributed by atoms with van der Waals surface area (Å²) in [7, 11) is 0. The van der Waals surface area contributed by atoms with E-state index < -0.39 is 0 Å². The molecule has 5 rings (SSSR count). The maximum atomic E-state index is 13.4. The monoisotopic (exact) mass is 444 g/mol. The van der Waals surface area contributed by atoms with Gasteiger partial charge in [-0.1, -0.05) is 60.7 Å². The average molecular weight is 445 g/mol. The summed E-state index contributed by atoms with van der Waals surface area (Å²) >= 11 is 0. The van der Waals surface area contributed by atoms with E-state index in [1.54, 1.807) is 17.0 Å². The molecule has 0 radical (unpaired) electrons. The fraction of sp³-hybridized carbons (Fsp3) is 0.321. The van der Waals surface area contributed by atoms with E-state index in [1.165, 1.54) is 17.7 Å². The first kappa shape index (κ1) is 21.7. The zero-order valence-electron chi connectivity index (χ0n) is 18.6. The van der Waals surface area contributed by atoms with Gasteiger partial charge in [0.25, 0.3) is 0 Å². The number of piperidine rings is 1. The molecule has 2 aliphatic rings. The number of hydrogen-bond donors (Lipinski definition) is 0. The molecule has 1 amide bonds. The summed E-state index contributed by atoms with van der Waals surface area (Å²) in [5.74, 6) is 0.436. The van der Waals surface area contributed by atoms with Gasteiger partial charge in [0.15, 0.2) is 0 Å². The molecule has 3 aromatic carbocycles.